The van der Waals surface area contributed by atoms with Crippen LogP contribution in [0, 0.1) is 0 Å². The Labute approximate surface area is 251 Å². The summed E-state index contributed by atoms with van der Waals surface area (Å²) in [5.41, 5.74) is 6.20. The number of hydrogen-bond donors (Lipinski definition) is 0. The second-order valence-corrected chi connectivity index (χ2v) is 16.6. The van der Waals surface area contributed by atoms with Gasteiger partial charge >= 0.3 is 0 Å². The summed E-state index contributed by atoms with van der Waals surface area (Å²) in [6.07, 6.45) is 2.49. The molecule has 0 bridgehead atoms. The first kappa shape index (κ1) is 35.2. The predicted molar refractivity (Wildman–Crippen MR) is 178 cm³/mol. The van der Waals surface area contributed by atoms with Crippen molar-refractivity contribution in [2.45, 2.75) is 145 Å². The lowest BCUT2D eigenvalue weighted by molar-refractivity contribution is 0.103. The molecule has 0 aromatic heterocycles. The molecular weight excluding hydrogens is 523 g/mol. The van der Waals surface area contributed by atoms with Crippen LogP contribution in [-0.2, 0) is 4.57 Å². The van der Waals surface area contributed by atoms with Gasteiger partial charge in [-0.05, 0) is 75.3 Å². The number of unbranched alkanes of at least 4 members (excludes halogenated alkanes) is 2. The third-order valence-corrected chi connectivity index (χ3v) is 11.1. The fraction of sp³-hybridized carbons (Fsp3) is 0.622. The Morgan fingerprint density at radius 3 is 1.05 bits per heavy atom. The van der Waals surface area contributed by atoms with Gasteiger partial charge in [-0.3, -0.25) is 9.59 Å². The van der Waals surface area contributed by atoms with Gasteiger partial charge < -0.3 is 4.57 Å². The SMILES string of the molecule is CCCCCP(=O)(C(=O)c1c(C(C)C)cc(C(C)C)cc1C(C)C)C(=O)c1c(C(C)C)cc(C(C)C)cc1C(C)C. The predicted octanol–water partition coefficient (Wildman–Crippen LogP) is 12.0. The quantitative estimate of drug-likeness (QED) is 0.165. The lowest BCUT2D eigenvalue weighted by Crippen LogP contribution is -2.21. The minimum Gasteiger partial charge on any atom is -0.307 e. The van der Waals surface area contributed by atoms with Crippen LogP contribution in [-0.4, -0.2) is 17.2 Å². The number of rotatable bonds is 14. The molecule has 0 radical (unpaired) electrons. The summed E-state index contributed by atoms with van der Waals surface area (Å²) in [6, 6.07) is 8.47. The van der Waals surface area contributed by atoms with Crippen LogP contribution in [0.15, 0.2) is 24.3 Å². The van der Waals surface area contributed by atoms with Crippen LogP contribution >= 0.6 is 7.14 Å². The average Bonchev–Trinajstić information content (AvgIpc) is 2.90. The summed E-state index contributed by atoms with van der Waals surface area (Å²) >= 11 is 0. The molecule has 0 heterocycles. The van der Waals surface area contributed by atoms with Gasteiger partial charge in [0.2, 0.25) is 18.2 Å². The van der Waals surface area contributed by atoms with Gasteiger partial charge in [0.15, 0.2) is 0 Å². The van der Waals surface area contributed by atoms with Crippen molar-refractivity contribution in [1.82, 2.24) is 0 Å². The van der Waals surface area contributed by atoms with Gasteiger partial charge in [0.25, 0.3) is 0 Å². The monoisotopic (exact) mass is 580 g/mol. The van der Waals surface area contributed by atoms with E-state index < -0.39 is 18.2 Å². The normalized spacial score (nSPS) is 12.6. The molecule has 0 aliphatic rings. The van der Waals surface area contributed by atoms with Crippen molar-refractivity contribution in [2.75, 3.05) is 6.16 Å². The number of carbonyl (C=O) groups is 2. The van der Waals surface area contributed by atoms with Gasteiger partial charge in [-0.25, -0.2) is 0 Å². The van der Waals surface area contributed by atoms with Crippen molar-refractivity contribution in [2.24, 2.45) is 0 Å². The van der Waals surface area contributed by atoms with Gasteiger partial charge in [-0.1, -0.05) is 127 Å². The van der Waals surface area contributed by atoms with Crippen molar-refractivity contribution < 1.29 is 14.2 Å². The minimum atomic E-state index is -4.00. The third kappa shape index (κ3) is 7.70. The van der Waals surface area contributed by atoms with Crippen LogP contribution in [0.1, 0.15) is 199 Å². The average molecular weight is 581 g/mol. The summed E-state index contributed by atoms with van der Waals surface area (Å²) in [6.45, 7) is 27.4. The summed E-state index contributed by atoms with van der Waals surface area (Å²) in [7, 11) is -4.00. The van der Waals surface area contributed by atoms with Crippen molar-refractivity contribution in [3.8, 4) is 0 Å². The van der Waals surface area contributed by atoms with Crippen LogP contribution in [0.3, 0.4) is 0 Å². The van der Waals surface area contributed by atoms with E-state index in [1.54, 1.807) is 0 Å². The Balaban J connectivity index is 2.99. The fourth-order valence-electron chi connectivity index (χ4n) is 5.65. The van der Waals surface area contributed by atoms with E-state index in [1.165, 1.54) is 11.1 Å². The lowest BCUT2D eigenvalue weighted by Gasteiger charge is -2.27. The Hall–Kier alpha value is -1.99. The second kappa shape index (κ2) is 14.5. The molecule has 4 heteroatoms. The molecule has 2 aromatic carbocycles. The van der Waals surface area contributed by atoms with E-state index >= 15 is 4.57 Å². The second-order valence-electron chi connectivity index (χ2n) is 13.9. The zero-order valence-corrected chi connectivity index (χ0v) is 29.2. The first-order valence-corrected chi connectivity index (χ1v) is 17.9. The van der Waals surface area contributed by atoms with Crippen LogP contribution in [0.5, 0.6) is 0 Å². The van der Waals surface area contributed by atoms with Crippen molar-refractivity contribution in [1.29, 1.82) is 0 Å². The van der Waals surface area contributed by atoms with Gasteiger partial charge in [0.05, 0.1) is 0 Å². The smallest absolute Gasteiger partial charge is 0.229 e. The van der Waals surface area contributed by atoms with Gasteiger partial charge in [0.1, 0.15) is 0 Å². The Morgan fingerprint density at radius 2 is 0.829 bits per heavy atom. The molecular formula is C37H57O3P. The molecule has 2 rings (SSSR count). The molecule has 0 saturated carbocycles. The highest BCUT2D eigenvalue weighted by Crippen LogP contribution is 2.56. The molecule has 0 fully saturated rings. The lowest BCUT2D eigenvalue weighted by atomic mass is 9.85. The molecule has 3 nitrogen and oxygen atoms in total. The van der Waals surface area contributed by atoms with Gasteiger partial charge in [-0.15, -0.1) is 0 Å². The summed E-state index contributed by atoms with van der Waals surface area (Å²) in [5, 5.41) is 0. The van der Waals surface area contributed by atoms with Crippen LogP contribution < -0.4 is 0 Å². The van der Waals surface area contributed by atoms with Crippen molar-refractivity contribution in [3.05, 3.63) is 68.8 Å². The van der Waals surface area contributed by atoms with E-state index in [0.717, 1.165) is 35.1 Å². The maximum Gasteiger partial charge on any atom is 0.229 e. The molecule has 0 amide bonds. The highest BCUT2D eigenvalue weighted by molar-refractivity contribution is 7.95. The first-order chi connectivity index (χ1) is 19.0. The van der Waals surface area contributed by atoms with E-state index in [1.807, 2.05) is 0 Å². The zero-order chi connectivity index (χ0) is 31.4. The van der Waals surface area contributed by atoms with Gasteiger partial charge in [-0.2, -0.15) is 0 Å². The Bertz CT molecular complexity index is 1130. The Kier molecular flexibility index (Phi) is 12.4. The molecule has 0 saturated heterocycles. The number of benzene rings is 2. The van der Waals surface area contributed by atoms with Crippen LogP contribution in [0.2, 0.25) is 0 Å². The van der Waals surface area contributed by atoms with Crippen LogP contribution in [0.25, 0.3) is 0 Å². The van der Waals surface area contributed by atoms with Crippen molar-refractivity contribution in [3.63, 3.8) is 0 Å². The molecule has 2 aromatic rings. The standard InChI is InChI=1S/C37H57O3P/c1-14-15-16-17-41(40,36(38)34-30(24(6)7)18-28(22(2)3)19-31(34)25(8)9)37(39)35-32(26(10)11)20-29(23(4)5)21-33(35)27(12)13/h18-27H,14-17H2,1-13H3. The molecule has 0 aliphatic carbocycles. The topological polar surface area (TPSA) is 51.2 Å². The van der Waals surface area contributed by atoms with E-state index in [4.69, 9.17) is 0 Å². The minimum absolute atomic E-state index is 0.0621. The van der Waals surface area contributed by atoms with Gasteiger partial charge in [0, 0.05) is 17.3 Å². The molecule has 0 N–H and O–H groups in total. The van der Waals surface area contributed by atoms with Crippen LogP contribution in [0.4, 0.5) is 0 Å². The highest BCUT2D eigenvalue weighted by atomic mass is 31.2. The summed E-state index contributed by atoms with van der Waals surface area (Å²) in [5.74, 6) is 0.848. The number of carbonyl (C=O) groups excluding carboxylic acids is 2. The molecule has 0 unspecified atom stereocenters. The molecule has 228 valence electrons. The maximum absolute atomic E-state index is 15.3. The fourth-order valence-corrected chi connectivity index (χ4v) is 8.14. The largest absolute Gasteiger partial charge is 0.307 e. The van der Waals surface area contributed by atoms with E-state index in [2.05, 4.69) is 114 Å². The first-order valence-electron chi connectivity index (χ1n) is 16.0. The maximum atomic E-state index is 15.3. The number of hydrogen-bond acceptors (Lipinski definition) is 3. The molecule has 41 heavy (non-hydrogen) atoms. The molecule has 0 atom stereocenters. The van der Waals surface area contributed by atoms with E-state index in [-0.39, 0.29) is 29.8 Å². The summed E-state index contributed by atoms with van der Waals surface area (Å²) < 4.78 is 15.3. The van der Waals surface area contributed by atoms with E-state index in [0.29, 0.717) is 29.4 Å². The summed E-state index contributed by atoms with van der Waals surface area (Å²) in [4.78, 5) is 29.7. The molecule has 0 aliphatic heterocycles. The van der Waals surface area contributed by atoms with E-state index in [9.17, 15) is 9.59 Å². The third-order valence-electron chi connectivity index (χ3n) is 8.43. The highest BCUT2D eigenvalue weighted by Gasteiger charge is 2.44. The molecule has 0 spiro atoms. The zero-order valence-electron chi connectivity index (χ0n) is 28.3. The Morgan fingerprint density at radius 1 is 0.537 bits per heavy atom. The van der Waals surface area contributed by atoms with Crippen molar-refractivity contribution >= 4 is 18.2 Å².